The highest BCUT2D eigenvalue weighted by atomic mass is 14.1. The lowest BCUT2D eigenvalue weighted by atomic mass is 9.97. The molecule has 0 amide bonds. The molecule has 17 heavy (non-hydrogen) atoms. The van der Waals surface area contributed by atoms with Gasteiger partial charge in [0.2, 0.25) is 0 Å². The highest BCUT2D eigenvalue weighted by Crippen LogP contribution is 2.17. The Balaban J connectivity index is 2.32. The first kappa shape index (κ1) is 14.3. The minimum absolute atomic E-state index is 1.26. The molecule has 0 saturated heterocycles. The summed E-state index contributed by atoms with van der Waals surface area (Å²) in [4.78, 5) is 0. The molecule has 0 aliphatic rings. The summed E-state index contributed by atoms with van der Waals surface area (Å²) in [5, 5.41) is 0. The van der Waals surface area contributed by atoms with E-state index in [2.05, 4.69) is 39.8 Å². The van der Waals surface area contributed by atoms with E-state index in [9.17, 15) is 0 Å². The molecule has 1 aromatic carbocycles. The molecule has 1 aromatic rings. The maximum absolute atomic E-state index is 2.37. The van der Waals surface area contributed by atoms with Gasteiger partial charge in [-0.2, -0.15) is 0 Å². The average molecular weight is 232 g/mol. The van der Waals surface area contributed by atoms with Gasteiger partial charge in [0.25, 0.3) is 0 Å². The highest BCUT2D eigenvalue weighted by molar-refractivity contribution is 5.36. The molecule has 0 nitrogen and oxygen atoms in total. The Morgan fingerprint density at radius 3 is 1.88 bits per heavy atom. The lowest BCUT2D eigenvalue weighted by Crippen LogP contribution is -1.92. The van der Waals surface area contributed by atoms with Crippen molar-refractivity contribution in [2.45, 2.75) is 72.6 Å². The third-order valence-electron chi connectivity index (χ3n) is 3.81. The van der Waals surface area contributed by atoms with Crippen LogP contribution in [0.15, 0.2) is 12.1 Å². The van der Waals surface area contributed by atoms with Crippen molar-refractivity contribution in [3.8, 4) is 0 Å². The summed E-state index contributed by atoms with van der Waals surface area (Å²) in [6.45, 7) is 8.96. The standard InChI is InChI=1S/C17H28/c1-5-6-7-8-9-10-11-17-12-14(2)16(4)15(3)13-17/h12-13H,5-11H2,1-4H3. The van der Waals surface area contributed by atoms with Crippen LogP contribution >= 0.6 is 0 Å². The second kappa shape index (κ2) is 7.53. The summed E-state index contributed by atoms with van der Waals surface area (Å²) in [6.07, 6.45) is 9.59. The minimum atomic E-state index is 1.26. The molecular weight excluding hydrogens is 204 g/mol. The van der Waals surface area contributed by atoms with E-state index in [1.165, 1.54) is 67.2 Å². The van der Waals surface area contributed by atoms with Gasteiger partial charge in [-0.15, -0.1) is 0 Å². The number of rotatable bonds is 7. The molecule has 0 aliphatic carbocycles. The van der Waals surface area contributed by atoms with Crippen molar-refractivity contribution in [3.63, 3.8) is 0 Å². The van der Waals surface area contributed by atoms with E-state index in [-0.39, 0.29) is 0 Å². The largest absolute Gasteiger partial charge is 0.0654 e. The molecule has 96 valence electrons. The van der Waals surface area contributed by atoms with Gasteiger partial charge < -0.3 is 0 Å². The molecule has 0 heteroatoms. The molecule has 0 aliphatic heterocycles. The zero-order valence-corrected chi connectivity index (χ0v) is 12.1. The Morgan fingerprint density at radius 2 is 1.29 bits per heavy atom. The Hall–Kier alpha value is -0.780. The lowest BCUT2D eigenvalue weighted by Gasteiger charge is -2.09. The summed E-state index contributed by atoms with van der Waals surface area (Å²) in [5.74, 6) is 0. The third-order valence-corrected chi connectivity index (χ3v) is 3.81. The molecule has 0 saturated carbocycles. The fraction of sp³-hybridized carbons (Fsp3) is 0.647. The van der Waals surface area contributed by atoms with Crippen molar-refractivity contribution < 1.29 is 0 Å². The maximum Gasteiger partial charge on any atom is -0.0279 e. The van der Waals surface area contributed by atoms with Crippen molar-refractivity contribution in [1.29, 1.82) is 0 Å². The van der Waals surface area contributed by atoms with E-state index < -0.39 is 0 Å². The van der Waals surface area contributed by atoms with Crippen molar-refractivity contribution in [2.24, 2.45) is 0 Å². The smallest absolute Gasteiger partial charge is 0.0279 e. The number of hydrogen-bond acceptors (Lipinski definition) is 0. The lowest BCUT2D eigenvalue weighted by molar-refractivity contribution is 0.607. The van der Waals surface area contributed by atoms with Gasteiger partial charge in [0.15, 0.2) is 0 Å². The van der Waals surface area contributed by atoms with E-state index in [1.54, 1.807) is 0 Å². The van der Waals surface area contributed by atoms with Gasteiger partial charge in [0, 0.05) is 0 Å². The minimum Gasteiger partial charge on any atom is -0.0654 e. The van der Waals surface area contributed by atoms with Gasteiger partial charge >= 0.3 is 0 Å². The van der Waals surface area contributed by atoms with Gasteiger partial charge in [-0.3, -0.25) is 0 Å². The Labute approximate surface area is 107 Å². The summed E-state index contributed by atoms with van der Waals surface area (Å²) in [6, 6.07) is 4.74. The number of hydrogen-bond donors (Lipinski definition) is 0. The molecule has 0 aromatic heterocycles. The predicted octanol–water partition coefficient (Wildman–Crippen LogP) is 5.51. The van der Waals surface area contributed by atoms with Gasteiger partial charge in [0.1, 0.15) is 0 Å². The van der Waals surface area contributed by atoms with Crippen molar-refractivity contribution in [2.75, 3.05) is 0 Å². The molecule has 0 unspecified atom stereocenters. The summed E-state index contributed by atoms with van der Waals surface area (Å²) in [7, 11) is 0. The first-order chi connectivity index (χ1) is 8.15. The van der Waals surface area contributed by atoms with E-state index in [4.69, 9.17) is 0 Å². The van der Waals surface area contributed by atoms with Gasteiger partial charge in [-0.25, -0.2) is 0 Å². The molecule has 0 spiro atoms. The predicted molar refractivity (Wildman–Crippen MR) is 77.7 cm³/mol. The molecule has 0 heterocycles. The van der Waals surface area contributed by atoms with Crippen LogP contribution in [0.5, 0.6) is 0 Å². The van der Waals surface area contributed by atoms with Crippen LogP contribution in [0.25, 0.3) is 0 Å². The van der Waals surface area contributed by atoms with Crippen LogP contribution in [-0.2, 0) is 6.42 Å². The van der Waals surface area contributed by atoms with E-state index in [0.717, 1.165) is 0 Å². The van der Waals surface area contributed by atoms with Gasteiger partial charge in [0.05, 0.1) is 0 Å². The summed E-state index contributed by atoms with van der Waals surface area (Å²) < 4.78 is 0. The highest BCUT2D eigenvalue weighted by Gasteiger charge is 2.01. The fourth-order valence-electron chi connectivity index (χ4n) is 2.38. The van der Waals surface area contributed by atoms with Crippen LogP contribution in [0.1, 0.15) is 67.7 Å². The molecule has 0 bridgehead atoms. The van der Waals surface area contributed by atoms with Crippen molar-refractivity contribution in [3.05, 3.63) is 34.4 Å². The maximum atomic E-state index is 2.37. The monoisotopic (exact) mass is 232 g/mol. The Morgan fingerprint density at radius 1 is 0.765 bits per heavy atom. The summed E-state index contributed by atoms with van der Waals surface area (Å²) >= 11 is 0. The average Bonchev–Trinajstić information content (AvgIpc) is 2.30. The topological polar surface area (TPSA) is 0 Å². The molecule has 1 rings (SSSR count). The zero-order valence-electron chi connectivity index (χ0n) is 12.1. The van der Waals surface area contributed by atoms with E-state index >= 15 is 0 Å². The van der Waals surface area contributed by atoms with Gasteiger partial charge in [-0.05, 0) is 55.9 Å². The van der Waals surface area contributed by atoms with E-state index in [1.807, 2.05) is 0 Å². The van der Waals surface area contributed by atoms with Crippen LogP contribution in [0.4, 0.5) is 0 Å². The first-order valence-corrected chi connectivity index (χ1v) is 7.22. The molecule has 0 fully saturated rings. The SMILES string of the molecule is CCCCCCCCc1cc(C)c(C)c(C)c1. The molecular formula is C17H28. The van der Waals surface area contributed by atoms with Crippen LogP contribution in [-0.4, -0.2) is 0 Å². The molecule has 0 atom stereocenters. The first-order valence-electron chi connectivity index (χ1n) is 7.22. The second-order valence-electron chi connectivity index (χ2n) is 5.37. The molecule has 0 radical (unpaired) electrons. The van der Waals surface area contributed by atoms with Gasteiger partial charge in [-0.1, -0.05) is 51.2 Å². The van der Waals surface area contributed by atoms with E-state index in [0.29, 0.717) is 0 Å². The number of benzene rings is 1. The van der Waals surface area contributed by atoms with Crippen LogP contribution in [0.2, 0.25) is 0 Å². The van der Waals surface area contributed by atoms with Crippen molar-refractivity contribution >= 4 is 0 Å². The number of unbranched alkanes of at least 4 members (excludes halogenated alkanes) is 5. The van der Waals surface area contributed by atoms with Crippen LogP contribution in [0.3, 0.4) is 0 Å². The Bertz CT molecular complexity index is 313. The second-order valence-corrected chi connectivity index (χ2v) is 5.37. The molecule has 0 N–H and O–H groups in total. The van der Waals surface area contributed by atoms with Crippen molar-refractivity contribution in [1.82, 2.24) is 0 Å². The quantitative estimate of drug-likeness (QED) is 0.543. The third kappa shape index (κ3) is 4.93. The summed E-state index contributed by atoms with van der Waals surface area (Å²) in [5.41, 5.74) is 5.88. The normalized spacial score (nSPS) is 10.8. The van der Waals surface area contributed by atoms with Crippen LogP contribution in [0, 0.1) is 20.8 Å². The van der Waals surface area contributed by atoms with Crippen LogP contribution < -0.4 is 0 Å². The number of aryl methyl sites for hydroxylation is 3. The Kier molecular flexibility index (Phi) is 6.32. The zero-order chi connectivity index (χ0) is 12.7. The fourth-order valence-corrected chi connectivity index (χ4v) is 2.38.